The summed E-state index contributed by atoms with van der Waals surface area (Å²) in [6.07, 6.45) is 0. The maximum Gasteiger partial charge on any atom is 0.0937 e. The van der Waals surface area contributed by atoms with E-state index in [0.29, 0.717) is 6.54 Å². The van der Waals surface area contributed by atoms with Crippen molar-refractivity contribution in [2.45, 2.75) is 13.5 Å². The molecule has 0 amide bonds. The topological polar surface area (TPSA) is 43.8 Å². The van der Waals surface area contributed by atoms with Crippen LogP contribution in [0.3, 0.4) is 0 Å². The summed E-state index contributed by atoms with van der Waals surface area (Å²) in [6.45, 7) is 2.60. The van der Waals surface area contributed by atoms with Gasteiger partial charge in [0.05, 0.1) is 5.52 Å². The highest BCUT2D eigenvalue weighted by atomic mass is 79.9. The Balaban J connectivity index is 2.86. The second-order valence-electron chi connectivity index (χ2n) is 3.35. The lowest BCUT2D eigenvalue weighted by atomic mass is 10.1. The molecule has 0 aliphatic rings. The molecule has 3 nitrogen and oxygen atoms in total. The van der Waals surface area contributed by atoms with E-state index >= 15 is 0 Å². The molecule has 2 rings (SSSR count). The van der Waals surface area contributed by atoms with Gasteiger partial charge in [0, 0.05) is 29.1 Å². The summed E-state index contributed by atoms with van der Waals surface area (Å²) in [5, 5.41) is 5.56. The van der Waals surface area contributed by atoms with E-state index in [1.54, 1.807) is 0 Å². The van der Waals surface area contributed by atoms with Crippen LogP contribution in [0.25, 0.3) is 10.9 Å². The zero-order valence-corrected chi connectivity index (χ0v) is 9.80. The molecule has 0 spiro atoms. The summed E-state index contributed by atoms with van der Waals surface area (Å²) in [5.41, 5.74) is 8.92. The highest BCUT2D eigenvalue weighted by molar-refractivity contribution is 9.10. The van der Waals surface area contributed by atoms with Crippen molar-refractivity contribution in [2.75, 3.05) is 0 Å². The van der Waals surface area contributed by atoms with E-state index in [4.69, 9.17) is 5.73 Å². The number of nitrogens with zero attached hydrogens (tertiary/aromatic N) is 2. The van der Waals surface area contributed by atoms with Crippen molar-refractivity contribution in [3.8, 4) is 0 Å². The van der Waals surface area contributed by atoms with E-state index in [2.05, 4.69) is 28.0 Å². The SMILES string of the molecule is Cc1c2c(Br)c(CN)ccc2nn1C. The van der Waals surface area contributed by atoms with Gasteiger partial charge in [0.1, 0.15) is 0 Å². The summed E-state index contributed by atoms with van der Waals surface area (Å²) in [6, 6.07) is 4.02. The Bertz CT molecular complexity index is 488. The average Bonchev–Trinajstić information content (AvgIpc) is 2.44. The zero-order chi connectivity index (χ0) is 10.3. The molecule has 2 N–H and O–H groups in total. The molecule has 0 atom stereocenters. The summed E-state index contributed by atoms with van der Waals surface area (Å²) in [5.74, 6) is 0. The van der Waals surface area contributed by atoms with E-state index in [9.17, 15) is 0 Å². The number of benzene rings is 1. The maximum absolute atomic E-state index is 5.64. The van der Waals surface area contributed by atoms with Gasteiger partial charge in [0.15, 0.2) is 0 Å². The fraction of sp³-hybridized carbons (Fsp3) is 0.300. The third-order valence-corrected chi connectivity index (χ3v) is 3.43. The average molecular weight is 254 g/mol. The van der Waals surface area contributed by atoms with Gasteiger partial charge in [0.25, 0.3) is 0 Å². The number of aryl methyl sites for hydroxylation is 2. The summed E-state index contributed by atoms with van der Waals surface area (Å²) >= 11 is 3.57. The Morgan fingerprint density at radius 2 is 2.21 bits per heavy atom. The summed E-state index contributed by atoms with van der Waals surface area (Å²) < 4.78 is 2.96. The molecule has 1 aromatic carbocycles. The number of hydrogen-bond donors (Lipinski definition) is 1. The number of rotatable bonds is 1. The molecule has 14 heavy (non-hydrogen) atoms. The van der Waals surface area contributed by atoms with E-state index in [1.165, 1.54) is 0 Å². The quantitative estimate of drug-likeness (QED) is 0.846. The third-order valence-electron chi connectivity index (χ3n) is 2.52. The van der Waals surface area contributed by atoms with Crippen molar-refractivity contribution in [3.63, 3.8) is 0 Å². The molecule has 2 aromatic rings. The lowest BCUT2D eigenvalue weighted by molar-refractivity contribution is 0.751. The number of nitrogens with two attached hydrogens (primary N) is 1. The van der Waals surface area contributed by atoms with Gasteiger partial charge >= 0.3 is 0 Å². The Hall–Kier alpha value is -0.870. The van der Waals surface area contributed by atoms with E-state index in [1.807, 2.05) is 23.9 Å². The van der Waals surface area contributed by atoms with E-state index < -0.39 is 0 Å². The van der Waals surface area contributed by atoms with Crippen LogP contribution in [0.5, 0.6) is 0 Å². The first-order chi connectivity index (χ1) is 6.65. The highest BCUT2D eigenvalue weighted by Crippen LogP contribution is 2.29. The van der Waals surface area contributed by atoms with E-state index in [0.717, 1.165) is 26.6 Å². The number of hydrogen-bond acceptors (Lipinski definition) is 2. The van der Waals surface area contributed by atoms with E-state index in [-0.39, 0.29) is 0 Å². The highest BCUT2D eigenvalue weighted by Gasteiger charge is 2.10. The Labute approximate surface area is 91.0 Å². The van der Waals surface area contributed by atoms with Crippen LogP contribution in [-0.4, -0.2) is 9.78 Å². The first kappa shape index (κ1) is 9.68. The third kappa shape index (κ3) is 1.26. The van der Waals surface area contributed by atoms with Crippen molar-refractivity contribution in [3.05, 3.63) is 27.9 Å². The van der Waals surface area contributed by atoms with Gasteiger partial charge < -0.3 is 5.73 Å². The zero-order valence-electron chi connectivity index (χ0n) is 8.21. The van der Waals surface area contributed by atoms with Gasteiger partial charge in [0.2, 0.25) is 0 Å². The monoisotopic (exact) mass is 253 g/mol. The summed E-state index contributed by atoms with van der Waals surface area (Å²) in [4.78, 5) is 0. The number of fused-ring (bicyclic) bond motifs is 1. The van der Waals surface area contributed by atoms with Crippen LogP contribution in [0.4, 0.5) is 0 Å². The molecule has 1 heterocycles. The predicted molar refractivity (Wildman–Crippen MR) is 61.0 cm³/mol. The minimum atomic E-state index is 0.546. The van der Waals surface area contributed by atoms with Crippen LogP contribution in [0.2, 0.25) is 0 Å². The van der Waals surface area contributed by atoms with Crippen molar-refractivity contribution < 1.29 is 0 Å². The minimum absolute atomic E-state index is 0.546. The molecule has 0 unspecified atom stereocenters. The van der Waals surface area contributed by atoms with Gasteiger partial charge in [-0.1, -0.05) is 6.07 Å². The molecule has 0 aliphatic carbocycles. The second kappa shape index (κ2) is 3.37. The fourth-order valence-electron chi connectivity index (χ4n) is 1.59. The molecular formula is C10H12BrN3. The molecule has 0 bridgehead atoms. The Morgan fingerprint density at radius 3 is 2.86 bits per heavy atom. The van der Waals surface area contributed by atoms with Crippen molar-refractivity contribution in [1.29, 1.82) is 0 Å². The van der Waals surface area contributed by atoms with Crippen LogP contribution in [0.15, 0.2) is 16.6 Å². The largest absolute Gasteiger partial charge is 0.326 e. The van der Waals surface area contributed by atoms with Crippen LogP contribution in [0, 0.1) is 6.92 Å². The molecule has 0 fully saturated rings. The first-order valence-electron chi connectivity index (χ1n) is 4.46. The van der Waals surface area contributed by atoms with Crippen molar-refractivity contribution in [2.24, 2.45) is 12.8 Å². The standard InChI is InChI=1S/C10H12BrN3/c1-6-9-8(13-14(6)2)4-3-7(5-12)10(9)11/h3-4H,5,12H2,1-2H3. The first-order valence-corrected chi connectivity index (χ1v) is 5.25. The van der Waals surface area contributed by atoms with Gasteiger partial charge in [-0.05, 0) is 34.5 Å². The lowest BCUT2D eigenvalue weighted by Crippen LogP contribution is -1.97. The molecule has 0 saturated carbocycles. The molecule has 0 radical (unpaired) electrons. The molecular weight excluding hydrogens is 242 g/mol. The van der Waals surface area contributed by atoms with Crippen molar-refractivity contribution >= 4 is 26.8 Å². The smallest absolute Gasteiger partial charge is 0.0937 e. The summed E-state index contributed by atoms with van der Waals surface area (Å²) in [7, 11) is 1.95. The van der Waals surface area contributed by atoms with Crippen LogP contribution >= 0.6 is 15.9 Å². The van der Waals surface area contributed by atoms with Gasteiger partial charge in [-0.3, -0.25) is 4.68 Å². The predicted octanol–water partition coefficient (Wildman–Crippen LogP) is 2.10. The van der Waals surface area contributed by atoms with Crippen LogP contribution in [-0.2, 0) is 13.6 Å². The molecule has 4 heteroatoms. The van der Waals surface area contributed by atoms with Crippen molar-refractivity contribution in [1.82, 2.24) is 9.78 Å². The number of aromatic nitrogens is 2. The van der Waals surface area contributed by atoms with Gasteiger partial charge in [-0.15, -0.1) is 0 Å². The van der Waals surface area contributed by atoms with Gasteiger partial charge in [-0.2, -0.15) is 5.10 Å². The molecule has 0 saturated heterocycles. The maximum atomic E-state index is 5.64. The fourth-order valence-corrected chi connectivity index (χ4v) is 2.38. The van der Waals surface area contributed by atoms with Crippen LogP contribution in [0.1, 0.15) is 11.3 Å². The van der Waals surface area contributed by atoms with Gasteiger partial charge in [-0.25, -0.2) is 0 Å². The minimum Gasteiger partial charge on any atom is -0.326 e. The second-order valence-corrected chi connectivity index (χ2v) is 4.14. The Morgan fingerprint density at radius 1 is 1.50 bits per heavy atom. The molecule has 1 aromatic heterocycles. The van der Waals surface area contributed by atoms with Crippen LogP contribution < -0.4 is 5.73 Å². The molecule has 0 aliphatic heterocycles. The normalized spacial score (nSPS) is 11.1. The number of halogens is 1. The Kier molecular flexibility index (Phi) is 2.33. The lowest BCUT2D eigenvalue weighted by Gasteiger charge is -2.02. The molecule has 74 valence electrons.